The van der Waals surface area contributed by atoms with Crippen LogP contribution in [0.5, 0.6) is 5.75 Å². The molecule has 0 unspecified atom stereocenters. The summed E-state index contributed by atoms with van der Waals surface area (Å²) < 4.78 is 19.1. The summed E-state index contributed by atoms with van der Waals surface area (Å²) in [6.07, 6.45) is 0. The molecule has 0 saturated carbocycles. The van der Waals surface area contributed by atoms with Gasteiger partial charge >= 0.3 is 0 Å². The second-order valence-corrected chi connectivity index (χ2v) is 4.32. The third-order valence-corrected chi connectivity index (χ3v) is 2.81. The summed E-state index contributed by atoms with van der Waals surface area (Å²) >= 11 is 3.19. The SMILES string of the molecule is Oc1c(F)cc(Br)cc1[C@@H]1COCCN1. The number of phenolic OH excluding ortho intramolecular Hbond substituents is 1. The molecule has 1 aliphatic rings. The quantitative estimate of drug-likeness (QED) is 0.823. The van der Waals surface area contributed by atoms with Crippen LogP contribution in [-0.2, 0) is 4.74 Å². The Morgan fingerprint density at radius 1 is 1.53 bits per heavy atom. The molecule has 1 fully saturated rings. The first-order chi connectivity index (χ1) is 7.18. The topological polar surface area (TPSA) is 41.5 Å². The van der Waals surface area contributed by atoms with Crippen molar-refractivity contribution in [3.63, 3.8) is 0 Å². The van der Waals surface area contributed by atoms with E-state index in [9.17, 15) is 9.50 Å². The number of aromatic hydroxyl groups is 1. The molecule has 1 saturated heterocycles. The van der Waals surface area contributed by atoms with Gasteiger partial charge in [-0.1, -0.05) is 15.9 Å². The van der Waals surface area contributed by atoms with Crippen molar-refractivity contribution in [2.75, 3.05) is 19.8 Å². The van der Waals surface area contributed by atoms with Gasteiger partial charge in [-0.25, -0.2) is 4.39 Å². The van der Waals surface area contributed by atoms with Crippen LogP contribution in [0.1, 0.15) is 11.6 Å². The average molecular weight is 276 g/mol. The minimum atomic E-state index is -0.619. The molecule has 1 heterocycles. The predicted molar refractivity (Wildman–Crippen MR) is 57.3 cm³/mol. The van der Waals surface area contributed by atoms with E-state index in [0.29, 0.717) is 29.8 Å². The second kappa shape index (κ2) is 4.47. The van der Waals surface area contributed by atoms with Crippen LogP contribution in [0, 0.1) is 5.82 Å². The number of benzene rings is 1. The van der Waals surface area contributed by atoms with Gasteiger partial charge in [0, 0.05) is 16.6 Å². The van der Waals surface area contributed by atoms with Crippen molar-refractivity contribution in [2.45, 2.75) is 6.04 Å². The van der Waals surface area contributed by atoms with Crippen LogP contribution in [0.2, 0.25) is 0 Å². The van der Waals surface area contributed by atoms with Crippen LogP contribution in [0.4, 0.5) is 4.39 Å². The Bertz CT molecular complexity index is 367. The summed E-state index contributed by atoms with van der Waals surface area (Å²) in [5.74, 6) is -0.923. The Balaban J connectivity index is 2.33. The first-order valence-electron chi connectivity index (χ1n) is 4.67. The average Bonchev–Trinajstić information content (AvgIpc) is 2.24. The molecule has 1 aromatic rings. The molecule has 0 amide bonds. The van der Waals surface area contributed by atoms with Gasteiger partial charge in [0.05, 0.1) is 19.3 Å². The van der Waals surface area contributed by atoms with Crippen LogP contribution in [0.15, 0.2) is 16.6 Å². The molecule has 2 N–H and O–H groups in total. The summed E-state index contributed by atoms with van der Waals surface area (Å²) in [5.41, 5.74) is 0.529. The number of nitrogens with one attached hydrogen (secondary N) is 1. The van der Waals surface area contributed by atoms with Crippen molar-refractivity contribution in [2.24, 2.45) is 0 Å². The van der Waals surface area contributed by atoms with Gasteiger partial charge in [-0.15, -0.1) is 0 Å². The fourth-order valence-corrected chi connectivity index (χ4v) is 2.06. The van der Waals surface area contributed by atoms with Gasteiger partial charge in [0.1, 0.15) is 0 Å². The summed E-state index contributed by atoms with van der Waals surface area (Å²) in [6.45, 7) is 1.80. The minimum absolute atomic E-state index is 0.147. The molecular formula is C10H11BrFNO2. The maximum atomic E-state index is 13.2. The van der Waals surface area contributed by atoms with Crippen molar-refractivity contribution in [1.82, 2.24) is 5.32 Å². The molecule has 1 atom stereocenters. The molecule has 5 heteroatoms. The Hall–Kier alpha value is -0.650. The number of ether oxygens (including phenoxy) is 1. The molecule has 0 aliphatic carbocycles. The van der Waals surface area contributed by atoms with E-state index in [-0.39, 0.29) is 11.8 Å². The molecule has 1 aromatic carbocycles. The molecule has 1 aliphatic heterocycles. The highest BCUT2D eigenvalue weighted by molar-refractivity contribution is 9.10. The van der Waals surface area contributed by atoms with Crippen LogP contribution >= 0.6 is 15.9 Å². The van der Waals surface area contributed by atoms with Crippen LogP contribution in [-0.4, -0.2) is 24.9 Å². The Morgan fingerprint density at radius 3 is 3.00 bits per heavy atom. The van der Waals surface area contributed by atoms with Crippen LogP contribution < -0.4 is 5.32 Å². The maximum Gasteiger partial charge on any atom is 0.166 e. The van der Waals surface area contributed by atoms with E-state index in [1.165, 1.54) is 6.07 Å². The lowest BCUT2D eigenvalue weighted by Crippen LogP contribution is -2.34. The zero-order chi connectivity index (χ0) is 10.8. The first kappa shape index (κ1) is 10.9. The maximum absolute atomic E-state index is 13.2. The van der Waals surface area contributed by atoms with Gasteiger partial charge in [-0.3, -0.25) is 0 Å². The molecule has 2 rings (SSSR count). The zero-order valence-corrected chi connectivity index (χ0v) is 9.55. The monoisotopic (exact) mass is 275 g/mol. The molecular weight excluding hydrogens is 265 g/mol. The summed E-state index contributed by atoms with van der Waals surface area (Å²) in [7, 11) is 0. The highest BCUT2D eigenvalue weighted by Gasteiger charge is 2.20. The third-order valence-electron chi connectivity index (χ3n) is 2.35. The van der Waals surface area contributed by atoms with E-state index in [1.54, 1.807) is 6.07 Å². The van der Waals surface area contributed by atoms with Gasteiger partial charge in [-0.05, 0) is 12.1 Å². The number of halogens is 2. The van der Waals surface area contributed by atoms with Crippen LogP contribution in [0.25, 0.3) is 0 Å². The van der Waals surface area contributed by atoms with Gasteiger partial charge in [0.25, 0.3) is 0 Å². The smallest absolute Gasteiger partial charge is 0.166 e. The Morgan fingerprint density at radius 2 is 2.33 bits per heavy atom. The van der Waals surface area contributed by atoms with Gasteiger partial charge in [-0.2, -0.15) is 0 Å². The van der Waals surface area contributed by atoms with Gasteiger partial charge in [0.2, 0.25) is 0 Å². The van der Waals surface area contributed by atoms with Crippen molar-refractivity contribution in [3.8, 4) is 5.75 Å². The molecule has 82 valence electrons. The first-order valence-corrected chi connectivity index (χ1v) is 5.47. The van der Waals surface area contributed by atoms with Crippen molar-refractivity contribution >= 4 is 15.9 Å². The molecule has 3 nitrogen and oxygen atoms in total. The number of phenols is 1. The van der Waals surface area contributed by atoms with Crippen molar-refractivity contribution in [3.05, 3.63) is 28.0 Å². The third kappa shape index (κ3) is 2.30. The minimum Gasteiger partial charge on any atom is -0.505 e. The predicted octanol–water partition coefficient (Wildman–Crippen LogP) is 1.95. The van der Waals surface area contributed by atoms with Gasteiger partial charge in [0.15, 0.2) is 11.6 Å². The van der Waals surface area contributed by atoms with E-state index in [1.807, 2.05) is 0 Å². The molecule has 0 radical (unpaired) electrons. The fourth-order valence-electron chi connectivity index (χ4n) is 1.62. The van der Waals surface area contributed by atoms with E-state index < -0.39 is 5.82 Å². The van der Waals surface area contributed by atoms with E-state index in [0.717, 1.165) is 0 Å². The molecule has 15 heavy (non-hydrogen) atoms. The number of morpholine rings is 1. The highest BCUT2D eigenvalue weighted by Crippen LogP contribution is 2.31. The van der Waals surface area contributed by atoms with Crippen LogP contribution in [0.3, 0.4) is 0 Å². The highest BCUT2D eigenvalue weighted by atomic mass is 79.9. The van der Waals surface area contributed by atoms with E-state index in [2.05, 4.69) is 21.2 Å². The number of hydrogen-bond donors (Lipinski definition) is 2. The second-order valence-electron chi connectivity index (χ2n) is 3.41. The van der Waals surface area contributed by atoms with Crippen molar-refractivity contribution in [1.29, 1.82) is 0 Å². The largest absolute Gasteiger partial charge is 0.505 e. The normalized spacial score (nSPS) is 21.6. The lowest BCUT2D eigenvalue weighted by molar-refractivity contribution is 0.0759. The van der Waals surface area contributed by atoms with E-state index in [4.69, 9.17) is 4.74 Å². The van der Waals surface area contributed by atoms with Gasteiger partial charge < -0.3 is 15.2 Å². The van der Waals surface area contributed by atoms with E-state index >= 15 is 0 Å². The Kier molecular flexibility index (Phi) is 3.23. The fraction of sp³-hybridized carbons (Fsp3) is 0.400. The number of hydrogen-bond acceptors (Lipinski definition) is 3. The summed E-state index contributed by atoms with van der Waals surface area (Å²) in [6, 6.07) is 2.79. The molecule has 0 aromatic heterocycles. The summed E-state index contributed by atoms with van der Waals surface area (Å²) in [4.78, 5) is 0. The zero-order valence-electron chi connectivity index (χ0n) is 7.96. The molecule has 0 bridgehead atoms. The Labute approximate surface area is 95.4 Å². The lowest BCUT2D eigenvalue weighted by atomic mass is 10.1. The molecule has 0 spiro atoms. The summed E-state index contributed by atoms with van der Waals surface area (Å²) in [5, 5.41) is 12.7. The lowest BCUT2D eigenvalue weighted by Gasteiger charge is -2.25. The van der Waals surface area contributed by atoms with Crippen molar-refractivity contribution < 1.29 is 14.2 Å². The number of rotatable bonds is 1. The standard InChI is InChI=1S/C10H11BrFNO2/c11-6-3-7(10(14)8(12)4-6)9-5-15-2-1-13-9/h3-4,9,13-14H,1-2,5H2/t9-/m0/s1.